The van der Waals surface area contributed by atoms with Gasteiger partial charge in [0, 0.05) is 6.04 Å². The first kappa shape index (κ1) is 19.4. The molecule has 144 valence electrons. The van der Waals surface area contributed by atoms with Crippen LogP contribution < -0.4 is 10.6 Å². The second-order valence-corrected chi connectivity index (χ2v) is 10.5. The summed E-state index contributed by atoms with van der Waals surface area (Å²) in [4.78, 5) is 2.45. The third kappa shape index (κ3) is 4.07. The minimum Gasteiger partial charge on any atom is -0.302 e. The molecule has 1 nitrogen and oxygen atoms in total. The molecular formula is C26H30NP. The molecule has 3 atom stereocenters. The summed E-state index contributed by atoms with van der Waals surface area (Å²) in [6.45, 7) is 0. The molecule has 0 spiro atoms. The summed E-state index contributed by atoms with van der Waals surface area (Å²) in [7, 11) is 4.14. The summed E-state index contributed by atoms with van der Waals surface area (Å²) < 4.78 is 0. The highest BCUT2D eigenvalue weighted by Gasteiger charge is 2.40. The van der Waals surface area contributed by atoms with Crippen molar-refractivity contribution in [1.82, 2.24) is 4.90 Å². The largest absolute Gasteiger partial charge is 0.302 e. The molecule has 1 saturated carbocycles. The van der Waals surface area contributed by atoms with E-state index in [-0.39, 0.29) is 7.92 Å². The van der Waals surface area contributed by atoms with Crippen LogP contribution in [-0.2, 0) is 0 Å². The third-order valence-corrected chi connectivity index (χ3v) is 9.05. The maximum Gasteiger partial charge on any atom is 0.0376 e. The first-order valence-corrected chi connectivity index (χ1v) is 11.8. The van der Waals surface area contributed by atoms with Gasteiger partial charge in [0.25, 0.3) is 0 Å². The molecular weight excluding hydrogens is 357 g/mol. The molecule has 4 rings (SSSR count). The fraction of sp³-hybridized carbons (Fsp3) is 0.308. The Kier molecular flexibility index (Phi) is 6.25. The highest BCUT2D eigenvalue weighted by atomic mass is 31.1. The van der Waals surface area contributed by atoms with Gasteiger partial charge in [-0.2, -0.15) is 0 Å². The van der Waals surface area contributed by atoms with E-state index in [1.807, 2.05) is 0 Å². The van der Waals surface area contributed by atoms with Crippen LogP contribution in [-0.4, -0.2) is 24.7 Å². The molecule has 3 aromatic rings. The van der Waals surface area contributed by atoms with Gasteiger partial charge in [0.1, 0.15) is 0 Å². The van der Waals surface area contributed by atoms with Crippen LogP contribution in [0.5, 0.6) is 0 Å². The zero-order valence-electron chi connectivity index (χ0n) is 16.9. The van der Waals surface area contributed by atoms with E-state index >= 15 is 0 Å². The lowest BCUT2D eigenvalue weighted by atomic mass is 9.90. The molecule has 0 saturated heterocycles. The smallest absolute Gasteiger partial charge is 0.0376 e. The number of nitrogens with zero attached hydrogens (tertiary/aromatic N) is 1. The summed E-state index contributed by atoms with van der Waals surface area (Å²) in [5.41, 5.74) is 2.17. The highest BCUT2D eigenvalue weighted by molar-refractivity contribution is 7.73. The quantitative estimate of drug-likeness (QED) is 0.498. The van der Waals surface area contributed by atoms with Gasteiger partial charge in [-0.3, -0.25) is 0 Å². The van der Waals surface area contributed by atoms with Crippen LogP contribution in [0, 0.1) is 5.92 Å². The van der Waals surface area contributed by atoms with Gasteiger partial charge in [0.05, 0.1) is 0 Å². The van der Waals surface area contributed by atoms with Gasteiger partial charge >= 0.3 is 0 Å². The molecule has 1 fully saturated rings. The lowest BCUT2D eigenvalue weighted by molar-refractivity contribution is 0.217. The van der Waals surface area contributed by atoms with Gasteiger partial charge in [-0.25, -0.2) is 0 Å². The van der Waals surface area contributed by atoms with Crippen LogP contribution in [0.3, 0.4) is 0 Å². The van der Waals surface area contributed by atoms with E-state index in [9.17, 15) is 0 Å². The average Bonchev–Trinajstić information content (AvgIpc) is 3.19. The predicted octanol–water partition coefficient (Wildman–Crippen LogP) is 5.59. The molecule has 0 bridgehead atoms. The zero-order valence-corrected chi connectivity index (χ0v) is 17.8. The van der Waals surface area contributed by atoms with E-state index in [1.54, 1.807) is 0 Å². The minimum absolute atomic E-state index is 0.366. The van der Waals surface area contributed by atoms with Gasteiger partial charge in [-0.15, -0.1) is 0 Å². The monoisotopic (exact) mass is 387 g/mol. The van der Waals surface area contributed by atoms with E-state index < -0.39 is 0 Å². The van der Waals surface area contributed by atoms with Crippen LogP contribution in [0.1, 0.15) is 30.9 Å². The fourth-order valence-electron chi connectivity index (χ4n) is 4.95. The zero-order chi connectivity index (χ0) is 19.3. The third-order valence-electron chi connectivity index (χ3n) is 6.03. The number of rotatable bonds is 6. The topological polar surface area (TPSA) is 3.24 Å². The number of benzene rings is 3. The van der Waals surface area contributed by atoms with E-state index in [2.05, 4.69) is 110 Å². The summed E-state index contributed by atoms with van der Waals surface area (Å²) in [6.07, 6.45) is 3.99. The van der Waals surface area contributed by atoms with Crippen molar-refractivity contribution in [3.05, 3.63) is 96.6 Å². The molecule has 0 aliphatic heterocycles. The molecule has 2 heteroatoms. The Morgan fingerprint density at radius 2 is 1.21 bits per heavy atom. The average molecular weight is 388 g/mol. The van der Waals surface area contributed by atoms with Gasteiger partial charge in [-0.05, 0) is 62.6 Å². The predicted molar refractivity (Wildman–Crippen MR) is 123 cm³/mol. The molecule has 28 heavy (non-hydrogen) atoms. The van der Waals surface area contributed by atoms with Gasteiger partial charge in [0.15, 0.2) is 0 Å². The number of hydrogen-bond donors (Lipinski definition) is 0. The van der Waals surface area contributed by atoms with Crippen molar-refractivity contribution in [2.24, 2.45) is 5.92 Å². The maximum absolute atomic E-state index is 2.45. The van der Waals surface area contributed by atoms with Crippen molar-refractivity contribution < 1.29 is 0 Å². The molecule has 1 aliphatic rings. The lowest BCUT2D eigenvalue weighted by Gasteiger charge is -2.38. The standard InChI is InChI=1S/C26H30NP/c1-27(2)26(21-13-6-3-7-14-21)24-19-12-20-25(24)28(22-15-8-4-9-16-22)23-17-10-5-11-18-23/h3-11,13-18,24-26H,12,19-20H2,1-2H3/t24-,25?,26?/m0/s1. The second kappa shape index (κ2) is 9.03. The first-order chi connectivity index (χ1) is 13.8. The van der Waals surface area contributed by atoms with Crippen LogP contribution >= 0.6 is 7.92 Å². The van der Waals surface area contributed by atoms with Crippen LogP contribution in [0.25, 0.3) is 0 Å². The lowest BCUT2D eigenvalue weighted by Crippen LogP contribution is -2.34. The SMILES string of the molecule is CN(C)C(c1ccccc1)[C@H]1CCCC1P(c1ccccc1)c1ccccc1. The summed E-state index contributed by atoms with van der Waals surface area (Å²) in [5.74, 6) is 0.684. The van der Waals surface area contributed by atoms with E-state index in [0.717, 1.165) is 0 Å². The summed E-state index contributed by atoms with van der Waals surface area (Å²) in [6, 6.07) is 34.1. The van der Waals surface area contributed by atoms with Crippen LogP contribution in [0.15, 0.2) is 91.0 Å². The van der Waals surface area contributed by atoms with E-state index in [1.165, 1.54) is 35.4 Å². The molecule has 2 unspecified atom stereocenters. The van der Waals surface area contributed by atoms with Crippen molar-refractivity contribution in [2.45, 2.75) is 31.0 Å². The van der Waals surface area contributed by atoms with Gasteiger partial charge < -0.3 is 4.90 Å². The molecule has 1 aliphatic carbocycles. The second-order valence-electron chi connectivity index (χ2n) is 8.02. The van der Waals surface area contributed by atoms with Crippen molar-refractivity contribution in [2.75, 3.05) is 14.1 Å². The van der Waals surface area contributed by atoms with Gasteiger partial charge in [0.2, 0.25) is 0 Å². The molecule has 0 heterocycles. The Balaban J connectivity index is 1.75. The first-order valence-electron chi connectivity index (χ1n) is 10.4. The molecule has 0 amide bonds. The molecule has 0 aromatic heterocycles. The molecule has 3 aromatic carbocycles. The highest BCUT2D eigenvalue weighted by Crippen LogP contribution is 2.54. The summed E-state index contributed by atoms with van der Waals surface area (Å²) in [5, 5.41) is 3.04. The van der Waals surface area contributed by atoms with E-state index in [4.69, 9.17) is 0 Å². The molecule has 0 radical (unpaired) electrons. The Morgan fingerprint density at radius 1 is 0.714 bits per heavy atom. The van der Waals surface area contributed by atoms with Crippen LogP contribution in [0.2, 0.25) is 0 Å². The fourth-order valence-corrected chi connectivity index (χ4v) is 8.13. The van der Waals surface area contributed by atoms with Crippen molar-refractivity contribution in [3.63, 3.8) is 0 Å². The normalized spacial score (nSPS) is 20.6. The Hall–Kier alpha value is -1.95. The van der Waals surface area contributed by atoms with Crippen molar-refractivity contribution in [3.8, 4) is 0 Å². The number of hydrogen-bond acceptors (Lipinski definition) is 1. The molecule has 0 N–H and O–H groups in total. The van der Waals surface area contributed by atoms with Crippen molar-refractivity contribution in [1.29, 1.82) is 0 Å². The maximum atomic E-state index is 2.45. The van der Waals surface area contributed by atoms with Crippen molar-refractivity contribution >= 4 is 18.5 Å². The Morgan fingerprint density at radius 3 is 1.71 bits per heavy atom. The summed E-state index contributed by atoms with van der Waals surface area (Å²) >= 11 is 0. The minimum atomic E-state index is -0.366. The van der Waals surface area contributed by atoms with Gasteiger partial charge in [-0.1, -0.05) is 97.4 Å². The van der Waals surface area contributed by atoms with E-state index in [0.29, 0.717) is 17.6 Å². The van der Waals surface area contributed by atoms with Crippen LogP contribution in [0.4, 0.5) is 0 Å². The Bertz CT molecular complexity index is 808. The Labute approximate surface area is 171 Å².